The normalized spacial score (nSPS) is 34.5. The fourth-order valence-corrected chi connectivity index (χ4v) is 5.26. The number of hydrogen-bond donors (Lipinski definition) is 1. The highest BCUT2D eigenvalue weighted by Crippen LogP contribution is 2.36. The Hall–Kier alpha value is -1.37. The maximum atomic E-state index is 6.21. The van der Waals surface area contributed by atoms with E-state index >= 15 is 0 Å². The van der Waals surface area contributed by atoms with Gasteiger partial charge in [0.25, 0.3) is 0 Å². The number of likely N-dealkylation sites (N-methyl/N-ethyl adjacent to an activating group) is 1. The summed E-state index contributed by atoms with van der Waals surface area (Å²) in [5.74, 6) is 0.774. The molecule has 148 valence electrons. The number of likely N-dealkylation sites (tertiary alicyclic amines) is 1. The molecule has 1 aliphatic carbocycles. The molecule has 3 aliphatic heterocycles. The van der Waals surface area contributed by atoms with Crippen molar-refractivity contribution < 1.29 is 9.47 Å². The number of nitrogens with one attached hydrogen (secondary N) is 1. The predicted molar refractivity (Wildman–Crippen MR) is 105 cm³/mol. The largest absolute Gasteiger partial charge is 0.474 e. The van der Waals surface area contributed by atoms with Gasteiger partial charge in [-0.05, 0) is 51.9 Å². The first-order valence-electron chi connectivity index (χ1n) is 10.7. The molecule has 0 amide bonds. The number of ether oxygens (including phenoxy) is 2. The van der Waals surface area contributed by atoms with Crippen LogP contribution >= 0.6 is 0 Å². The van der Waals surface area contributed by atoms with E-state index in [0.29, 0.717) is 24.3 Å². The van der Waals surface area contributed by atoms with E-state index in [1.54, 1.807) is 0 Å². The molecular weight excluding hydrogens is 340 g/mol. The molecule has 4 aliphatic rings. The van der Waals surface area contributed by atoms with Crippen LogP contribution in [0.15, 0.2) is 18.3 Å². The second kappa shape index (κ2) is 7.57. The molecule has 0 radical (unpaired) electrons. The van der Waals surface area contributed by atoms with Crippen molar-refractivity contribution in [2.45, 2.75) is 68.9 Å². The topological polar surface area (TPSA) is 49.9 Å². The molecule has 6 nitrogen and oxygen atoms in total. The zero-order valence-electron chi connectivity index (χ0n) is 16.3. The summed E-state index contributed by atoms with van der Waals surface area (Å²) < 4.78 is 12.4. The summed E-state index contributed by atoms with van der Waals surface area (Å²) in [5, 5.41) is 3.39. The van der Waals surface area contributed by atoms with E-state index in [-0.39, 0.29) is 6.10 Å². The van der Waals surface area contributed by atoms with E-state index in [2.05, 4.69) is 39.3 Å². The van der Waals surface area contributed by atoms with Crippen LogP contribution in [0, 0.1) is 0 Å². The SMILES string of the molecule is CN1CC2CCC(C1)N2c1ccnc(O[C@H]2C[C@H](OC3CCNCC3)C2)c1. The van der Waals surface area contributed by atoms with E-state index in [1.165, 1.54) is 18.5 Å². The first kappa shape index (κ1) is 17.7. The Morgan fingerprint density at radius 3 is 2.48 bits per heavy atom. The molecule has 2 unspecified atom stereocenters. The van der Waals surface area contributed by atoms with Crippen LogP contribution in [-0.4, -0.2) is 73.5 Å². The van der Waals surface area contributed by atoms with Gasteiger partial charge in [0.1, 0.15) is 6.10 Å². The van der Waals surface area contributed by atoms with Gasteiger partial charge in [0.05, 0.1) is 12.2 Å². The second-order valence-electron chi connectivity index (χ2n) is 8.78. The number of piperazine rings is 1. The summed E-state index contributed by atoms with van der Waals surface area (Å²) in [4.78, 5) is 9.55. The van der Waals surface area contributed by atoms with Crippen molar-refractivity contribution in [1.82, 2.24) is 15.2 Å². The molecule has 1 saturated carbocycles. The van der Waals surface area contributed by atoms with Gasteiger partial charge in [-0.15, -0.1) is 0 Å². The Kier molecular flexibility index (Phi) is 4.96. The summed E-state index contributed by atoms with van der Waals surface area (Å²) in [7, 11) is 2.24. The van der Waals surface area contributed by atoms with E-state index in [0.717, 1.165) is 57.7 Å². The molecule has 2 bridgehead atoms. The summed E-state index contributed by atoms with van der Waals surface area (Å²) in [6.07, 6.45) is 9.83. The maximum absolute atomic E-state index is 6.21. The smallest absolute Gasteiger partial charge is 0.215 e. The van der Waals surface area contributed by atoms with Gasteiger partial charge < -0.3 is 24.6 Å². The zero-order valence-corrected chi connectivity index (χ0v) is 16.3. The summed E-state index contributed by atoms with van der Waals surface area (Å²) in [6.45, 7) is 4.49. The molecule has 1 aromatic heterocycles. The number of fused-ring (bicyclic) bond motifs is 2. The molecule has 6 heteroatoms. The highest BCUT2D eigenvalue weighted by Gasteiger charge is 2.39. The van der Waals surface area contributed by atoms with E-state index in [4.69, 9.17) is 9.47 Å². The predicted octanol–water partition coefficient (Wildman–Crippen LogP) is 2.04. The lowest BCUT2D eigenvalue weighted by Gasteiger charge is -2.41. The van der Waals surface area contributed by atoms with Gasteiger partial charge in [-0.25, -0.2) is 4.98 Å². The average Bonchev–Trinajstić information content (AvgIpc) is 2.92. The number of pyridine rings is 1. The third kappa shape index (κ3) is 3.80. The minimum atomic E-state index is 0.253. The Bertz CT molecular complexity index is 631. The molecule has 0 spiro atoms. The Morgan fingerprint density at radius 2 is 1.74 bits per heavy atom. The van der Waals surface area contributed by atoms with Crippen molar-refractivity contribution >= 4 is 5.69 Å². The fraction of sp³-hybridized carbons (Fsp3) is 0.762. The third-order valence-corrected chi connectivity index (χ3v) is 6.69. The lowest BCUT2D eigenvalue weighted by Crippen LogP contribution is -2.52. The maximum Gasteiger partial charge on any atom is 0.215 e. The molecule has 3 saturated heterocycles. The van der Waals surface area contributed by atoms with Crippen LogP contribution in [0.4, 0.5) is 5.69 Å². The van der Waals surface area contributed by atoms with Crippen LogP contribution in [0.2, 0.25) is 0 Å². The molecule has 4 heterocycles. The fourth-order valence-electron chi connectivity index (χ4n) is 5.26. The third-order valence-electron chi connectivity index (χ3n) is 6.69. The van der Waals surface area contributed by atoms with Crippen LogP contribution in [0.1, 0.15) is 38.5 Å². The van der Waals surface area contributed by atoms with Crippen LogP contribution in [0.25, 0.3) is 0 Å². The van der Waals surface area contributed by atoms with Crippen molar-refractivity contribution in [3.05, 3.63) is 18.3 Å². The lowest BCUT2D eigenvalue weighted by atomic mass is 9.91. The number of hydrogen-bond acceptors (Lipinski definition) is 6. The Morgan fingerprint density at radius 1 is 1.00 bits per heavy atom. The minimum absolute atomic E-state index is 0.253. The van der Waals surface area contributed by atoms with Crippen molar-refractivity contribution in [2.75, 3.05) is 38.1 Å². The number of rotatable bonds is 5. The quantitative estimate of drug-likeness (QED) is 0.854. The van der Waals surface area contributed by atoms with Crippen molar-refractivity contribution in [3.8, 4) is 5.88 Å². The summed E-state index contributed by atoms with van der Waals surface area (Å²) >= 11 is 0. The van der Waals surface area contributed by atoms with Crippen molar-refractivity contribution in [1.29, 1.82) is 0 Å². The second-order valence-corrected chi connectivity index (χ2v) is 8.78. The highest BCUT2D eigenvalue weighted by molar-refractivity contribution is 5.52. The number of piperidine rings is 1. The van der Waals surface area contributed by atoms with Crippen LogP contribution in [0.5, 0.6) is 5.88 Å². The van der Waals surface area contributed by atoms with Crippen LogP contribution < -0.4 is 15.0 Å². The van der Waals surface area contributed by atoms with Gasteiger partial charge in [0.15, 0.2) is 0 Å². The molecule has 2 atom stereocenters. The van der Waals surface area contributed by atoms with Gasteiger partial charge in [0.2, 0.25) is 5.88 Å². The first-order valence-corrected chi connectivity index (χ1v) is 10.7. The Labute approximate surface area is 162 Å². The Balaban J connectivity index is 1.15. The van der Waals surface area contributed by atoms with Gasteiger partial charge in [-0.2, -0.15) is 0 Å². The summed E-state index contributed by atoms with van der Waals surface area (Å²) in [5.41, 5.74) is 1.28. The van der Waals surface area contributed by atoms with Crippen molar-refractivity contribution in [3.63, 3.8) is 0 Å². The number of aromatic nitrogens is 1. The lowest BCUT2D eigenvalue weighted by molar-refractivity contribution is -0.103. The van der Waals surface area contributed by atoms with Crippen molar-refractivity contribution in [2.24, 2.45) is 0 Å². The van der Waals surface area contributed by atoms with Crippen LogP contribution in [0.3, 0.4) is 0 Å². The molecule has 27 heavy (non-hydrogen) atoms. The minimum Gasteiger partial charge on any atom is -0.474 e. The molecular formula is C21H32N4O2. The monoisotopic (exact) mass is 372 g/mol. The van der Waals surface area contributed by atoms with Gasteiger partial charge in [-0.3, -0.25) is 0 Å². The number of anilines is 1. The van der Waals surface area contributed by atoms with Crippen LogP contribution in [-0.2, 0) is 4.74 Å². The first-order chi connectivity index (χ1) is 13.2. The number of nitrogens with zero attached hydrogens (tertiary/aromatic N) is 3. The zero-order chi connectivity index (χ0) is 18.2. The molecule has 4 fully saturated rings. The van der Waals surface area contributed by atoms with Gasteiger partial charge >= 0.3 is 0 Å². The molecule has 1 aromatic rings. The standard InChI is InChI=1S/C21H32N4O2/c1-24-13-16-2-3-17(14-24)25(16)15-4-9-23-21(10-15)27-20-11-19(12-20)26-18-5-7-22-8-6-18/h4,9-10,16-20,22H,2-3,5-8,11-14H2,1H3/t16?,17?,19-,20-. The highest BCUT2D eigenvalue weighted by atomic mass is 16.5. The molecule has 1 N–H and O–H groups in total. The molecule has 0 aromatic carbocycles. The average molecular weight is 373 g/mol. The van der Waals surface area contributed by atoms with E-state index in [9.17, 15) is 0 Å². The van der Waals surface area contributed by atoms with E-state index in [1.807, 2.05) is 6.20 Å². The van der Waals surface area contributed by atoms with Gasteiger partial charge in [-0.1, -0.05) is 0 Å². The van der Waals surface area contributed by atoms with Gasteiger partial charge in [0, 0.05) is 56.0 Å². The van der Waals surface area contributed by atoms with E-state index < -0.39 is 0 Å². The summed E-state index contributed by atoms with van der Waals surface area (Å²) in [6, 6.07) is 5.57. The molecule has 5 rings (SSSR count).